The number of morpholine rings is 2. The van der Waals surface area contributed by atoms with Crippen molar-refractivity contribution in [2.45, 2.75) is 18.8 Å². The first-order valence-corrected chi connectivity index (χ1v) is 10.3. The molecule has 0 aliphatic carbocycles. The zero-order valence-corrected chi connectivity index (χ0v) is 17.1. The van der Waals surface area contributed by atoms with Crippen molar-refractivity contribution in [3.05, 3.63) is 70.8 Å². The summed E-state index contributed by atoms with van der Waals surface area (Å²) in [7, 11) is 0. The smallest absolute Gasteiger partial charge is 0.251 e. The van der Waals surface area contributed by atoms with Gasteiger partial charge in [0.15, 0.2) is 0 Å². The number of nitriles is 1. The van der Waals surface area contributed by atoms with E-state index in [9.17, 15) is 13.6 Å². The molecule has 1 N–H and O–H groups in total. The van der Waals surface area contributed by atoms with Gasteiger partial charge < -0.3 is 10.1 Å². The van der Waals surface area contributed by atoms with Crippen molar-refractivity contribution in [2.24, 2.45) is 0 Å². The van der Waals surface area contributed by atoms with Crippen LogP contribution in [-0.2, 0) is 11.3 Å². The fourth-order valence-corrected chi connectivity index (χ4v) is 4.21. The minimum absolute atomic E-state index is 0.0310. The maximum absolute atomic E-state index is 14.0. The van der Waals surface area contributed by atoms with Crippen LogP contribution in [0.15, 0.2) is 42.5 Å². The van der Waals surface area contributed by atoms with Gasteiger partial charge in [-0.25, -0.2) is 8.78 Å². The number of nitrogens with zero attached hydrogens (tertiary/aromatic N) is 3. The fraction of sp³-hybridized carbons (Fsp3) is 0.391. The number of ether oxygens (including phenoxy) is 1. The molecule has 0 saturated carbocycles. The molecular formula is C23H24F2N4O2. The molecule has 4 rings (SSSR count). The summed E-state index contributed by atoms with van der Waals surface area (Å²) in [6, 6.07) is 12.5. The number of hydrogen-bond acceptors (Lipinski definition) is 5. The van der Waals surface area contributed by atoms with E-state index in [1.807, 2.05) is 11.0 Å². The van der Waals surface area contributed by atoms with E-state index in [4.69, 9.17) is 10.00 Å². The van der Waals surface area contributed by atoms with Crippen LogP contribution in [0.1, 0.15) is 21.5 Å². The van der Waals surface area contributed by atoms with E-state index < -0.39 is 11.6 Å². The number of halogens is 2. The van der Waals surface area contributed by atoms with Crippen LogP contribution in [0.25, 0.3) is 0 Å². The third-order valence-corrected chi connectivity index (χ3v) is 5.67. The first kappa shape index (κ1) is 21.4. The molecular weight excluding hydrogens is 402 g/mol. The van der Waals surface area contributed by atoms with E-state index in [1.54, 1.807) is 24.3 Å². The van der Waals surface area contributed by atoms with Gasteiger partial charge in [-0.2, -0.15) is 5.26 Å². The molecule has 6 nitrogen and oxygen atoms in total. The lowest BCUT2D eigenvalue weighted by molar-refractivity contribution is -0.140. The van der Waals surface area contributed by atoms with Crippen LogP contribution in [0.4, 0.5) is 8.78 Å². The van der Waals surface area contributed by atoms with E-state index >= 15 is 0 Å². The quantitative estimate of drug-likeness (QED) is 0.767. The summed E-state index contributed by atoms with van der Waals surface area (Å²) in [4.78, 5) is 16.5. The first-order chi connectivity index (χ1) is 15.0. The van der Waals surface area contributed by atoms with Crippen LogP contribution < -0.4 is 5.32 Å². The fourth-order valence-electron chi connectivity index (χ4n) is 4.21. The molecule has 2 aliphatic heterocycles. The summed E-state index contributed by atoms with van der Waals surface area (Å²) >= 11 is 0. The largest absolute Gasteiger partial charge is 0.370 e. The van der Waals surface area contributed by atoms with Crippen LogP contribution in [0.2, 0.25) is 0 Å². The van der Waals surface area contributed by atoms with E-state index in [2.05, 4.69) is 10.2 Å². The summed E-state index contributed by atoms with van der Waals surface area (Å²) in [6.07, 6.45) is -0.0619. The monoisotopic (exact) mass is 426 g/mol. The Hall–Kier alpha value is -2.86. The minimum Gasteiger partial charge on any atom is -0.370 e. The maximum Gasteiger partial charge on any atom is 0.251 e. The van der Waals surface area contributed by atoms with Gasteiger partial charge in [-0.05, 0) is 36.4 Å². The molecule has 0 aromatic heterocycles. The van der Waals surface area contributed by atoms with Crippen LogP contribution in [-0.4, -0.2) is 67.2 Å². The summed E-state index contributed by atoms with van der Waals surface area (Å²) in [5.74, 6) is -1.21. The molecule has 31 heavy (non-hydrogen) atoms. The summed E-state index contributed by atoms with van der Waals surface area (Å²) in [5.41, 5.74) is 1.14. The van der Waals surface area contributed by atoms with Crippen molar-refractivity contribution in [2.75, 3.05) is 39.3 Å². The van der Waals surface area contributed by atoms with E-state index in [0.29, 0.717) is 50.4 Å². The number of carbonyl (C=O) groups excluding carboxylic acids is 1. The third-order valence-electron chi connectivity index (χ3n) is 5.67. The van der Waals surface area contributed by atoms with Gasteiger partial charge in [-0.3, -0.25) is 14.6 Å². The second kappa shape index (κ2) is 9.52. The molecule has 2 aromatic rings. The van der Waals surface area contributed by atoms with E-state index in [0.717, 1.165) is 0 Å². The van der Waals surface area contributed by atoms with Gasteiger partial charge in [-0.15, -0.1) is 0 Å². The summed E-state index contributed by atoms with van der Waals surface area (Å²) < 4.78 is 34.0. The van der Waals surface area contributed by atoms with Gasteiger partial charge >= 0.3 is 0 Å². The lowest BCUT2D eigenvalue weighted by Crippen LogP contribution is -2.59. The topological polar surface area (TPSA) is 68.6 Å². The van der Waals surface area contributed by atoms with Crippen molar-refractivity contribution in [1.29, 1.82) is 5.26 Å². The van der Waals surface area contributed by atoms with Gasteiger partial charge in [-0.1, -0.05) is 6.07 Å². The number of carbonyl (C=O) groups is 1. The lowest BCUT2D eigenvalue weighted by atomic mass is 10.1. The van der Waals surface area contributed by atoms with Crippen molar-refractivity contribution >= 4 is 5.91 Å². The van der Waals surface area contributed by atoms with Gasteiger partial charge in [0.25, 0.3) is 5.91 Å². The highest BCUT2D eigenvalue weighted by Gasteiger charge is 2.35. The predicted octanol–water partition coefficient (Wildman–Crippen LogP) is 2.15. The molecule has 2 aromatic carbocycles. The average Bonchev–Trinajstić information content (AvgIpc) is 2.76. The van der Waals surface area contributed by atoms with Gasteiger partial charge in [0.2, 0.25) is 0 Å². The molecule has 0 spiro atoms. The Labute approximate surface area is 180 Å². The zero-order chi connectivity index (χ0) is 21.8. The highest BCUT2D eigenvalue weighted by Crippen LogP contribution is 2.22. The highest BCUT2D eigenvalue weighted by atomic mass is 19.1. The van der Waals surface area contributed by atoms with Crippen LogP contribution >= 0.6 is 0 Å². The van der Waals surface area contributed by atoms with Gasteiger partial charge in [0, 0.05) is 56.9 Å². The van der Waals surface area contributed by atoms with Crippen molar-refractivity contribution in [1.82, 2.24) is 15.1 Å². The molecule has 2 bridgehead atoms. The van der Waals surface area contributed by atoms with Gasteiger partial charge in [0.05, 0.1) is 23.8 Å². The van der Waals surface area contributed by atoms with Crippen LogP contribution in [0.3, 0.4) is 0 Å². The standard InChI is InChI=1S/C23H24F2N4O2/c24-21-2-1-3-22(25)20(21)15-29-13-18-11-28(12-19(14-29)31-18)9-8-27-23(30)17-6-4-16(10-26)5-7-17/h1-7,18-19H,8-9,11-15H2,(H,27,30). The Balaban J connectivity index is 1.25. The number of fused-ring (bicyclic) bond motifs is 2. The molecule has 2 heterocycles. The molecule has 8 heteroatoms. The number of amides is 1. The molecule has 0 radical (unpaired) electrons. The first-order valence-electron chi connectivity index (χ1n) is 10.3. The van der Waals surface area contributed by atoms with Crippen molar-refractivity contribution < 1.29 is 18.3 Å². The van der Waals surface area contributed by atoms with Crippen LogP contribution in [0.5, 0.6) is 0 Å². The highest BCUT2D eigenvalue weighted by molar-refractivity contribution is 5.94. The Morgan fingerprint density at radius 3 is 2.26 bits per heavy atom. The van der Waals surface area contributed by atoms with Crippen molar-refractivity contribution in [3.63, 3.8) is 0 Å². The van der Waals surface area contributed by atoms with Crippen molar-refractivity contribution in [3.8, 4) is 6.07 Å². The SMILES string of the molecule is N#Cc1ccc(C(=O)NCCN2CC3CN(Cc4c(F)cccc4F)CC(C2)O3)cc1. The zero-order valence-electron chi connectivity index (χ0n) is 17.1. The molecule has 2 unspecified atom stereocenters. The number of rotatable bonds is 6. The van der Waals surface area contributed by atoms with Gasteiger partial charge in [0.1, 0.15) is 11.6 Å². The summed E-state index contributed by atoms with van der Waals surface area (Å²) in [6.45, 7) is 4.06. The molecule has 2 fully saturated rings. The second-order valence-corrected chi connectivity index (χ2v) is 7.98. The van der Waals surface area contributed by atoms with E-state index in [1.165, 1.54) is 18.2 Å². The Morgan fingerprint density at radius 2 is 1.65 bits per heavy atom. The molecule has 1 amide bonds. The maximum atomic E-state index is 14.0. The number of benzene rings is 2. The lowest BCUT2D eigenvalue weighted by Gasteiger charge is -2.46. The Morgan fingerprint density at radius 1 is 1.03 bits per heavy atom. The number of hydrogen-bond donors (Lipinski definition) is 1. The summed E-state index contributed by atoms with van der Waals surface area (Å²) in [5, 5.41) is 11.7. The Kier molecular flexibility index (Phi) is 6.56. The molecule has 2 aliphatic rings. The third kappa shape index (κ3) is 5.25. The van der Waals surface area contributed by atoms with E-state index in [-0.39, 0.29) is 30.2 Å². The number of nitrogens with one attached hydrogen (secondary N) is 1. The predicted molar refractivity (Wildman–Crippen MR) is 110 cm³/mol. The normalized spacial score (nSPS) is 21.5. The van der Waals surface area contributed by atoms with Crippen LogP contribution in [0, 0.1) is 23.0 Å². The molecule has 2 atom stereocenters. The second-order valence-electron chi connectivity index (χ2n) is 7.98. The average molecular weight is 426 g/mol. The Bertz CT molecular complexity index is 942. The minimum atomic E-state index is -0.517. The molecule has 162 valence electrons. The molecule has 2 saturated heterocycles.